The highest BCUT2D eigenvalue weighted by Crippen LogP contribution is 2.27. The lowest BCUT2D eigenvalue weighted by Gasteiger charge is -2.28. The number of amides is 1. The number of primary amides is 1. The topological polar surface area (TPSA) is 93.2 Å². The van der Waals surface area contributed by atoms with Crippen molar-refractivity contribution >= 4 is 11.6 Å². The molecular weight excluding hydrogens is 364 g/mol. The van der Waals surface area contributed by atoms with E-state index in [1.807, 2.05) is 42.6 Å². The Morgan fingerprint density at radius 2 is 1.97 bits per heavy atom. The average molecular weight is 390 g/mol. The molecule has 2 heterocycles. The predicted octanol–water partition coefficient (Wildman–Crippen LogP) is 3.28. The van der Waals surface area contributed by atoms with Gasteiger partial charge in [0.05, 0.1) is 11.7 Å². The fourth-order valence-corrected chi connectivity index (χ4v) is 3.96. The van der Waals surface area contributed by atoms with Crippen molar-refractivity contribution in [2.24, 2.45) is 5.73 Å². The highest BCUT2D eigenvalue weighted by atomic mass is 16.3. The zero-order chi connectivity index (χ0) is 20.2. The van der Waals surface area contributed by atoms with E-state index in [4.69, 9.17) is 5.73 Å². The number of pyridine rings is 1. The minimum absolute atomic E-state index is 0.218. The van der Waals surface area contributed by atoms with E-state index in [1.54, 1.807) is 12.3 Å². The van der Waals surface area contributed by atoms with Crippen molar-refractivity contribution in [3.05, 3.63) is 77.9 Å². The van der Waals surface area contributed by atoms with Crippen LogP contribution in [0.15, 0.2) is 60.9 Å². The first-order chi connectivity index (χ1) is 14.1. The minimum atomic E-state index is -0.448. The number of aromatic nitrogens is 2. The second-order valence-electron chi connectivity index (χ2n) is 7.61. The van der Waals surface area contributed by atoms with Crippen LogP contribution in [0.2, 0.25) is 0 Å². The summed E-state index contributed by atoms with van der Waals surface area (Å²) in [5.41, 5.74) is 9.91. The Morgan fingerprint density at radius 1 is 1.14 bits per heavy atom. The van der Waals surface area contributed by atoms with Gasteiger partial charge in [-0.25, -0.2) is 0 Å². The van der Waals surface area contributed by atoms with Crippen LogP contribution in [0.25, 0.3) is 5.69 Å². The van der Waals surface area contributed by atoms with Crippen molar-refractivity contribution in [3.63, 3.8) is 0 Å². The number of hydrogen-bond acceptors (Lipinski definition) is 4. The zero-order valence-electron chi connectivity index (χ0n) is 16.3. The molecule has 1 aromatic carbocycles. The maximum atomic E-state index is 11.9. The summed E-state index contributed by atoms with van der Waals surface area (Å²) < 4.78 is 2.11. The average Bonchev–Trinajstić information content (AvgIpc) is 3.18. The van der Waals surface area contributed by atoms with Crippen LogP contribution in [0.1, 0.15) is 47.4 Å². The van der Waals surface area contributed by atoms with Crippen LogP contribution in [0.4, 0.5) is 5.69 Å². The third-order valence-electron chi connectivity index (χ3n) is 5.52. The fourth-order valence-electron chi connectivity index (χ4n) is 3.96. The maximum absolute atomic E-state index is 11.9. The lowest BCUT2D eigenvalue weighted by atomic mass is 9.92. The van der Waals surface area contributed by atoms with Crippen LogP contribution in [0, 0.1) is 0 Å². The molecule has 1 aliphatic carbocycles. The molecule has 6 nitrogen and oxygen atoms in total. The molecule has 6 heteroatoms. The van der Waals surface area contributed by atoms with Crippen molar-refractivity contribution in [1.29, 1.82) is 0 Å². The number of nitrogens with one attached hydrogen (secondary N) is 1. The van der Waals surface area contributed by atoms with Crippen molar-refractivity contribution in [2.45, 2.75) is 44.2 Å². The van der Waals surface area contributed by atoms with Gasteiger partial charge in [0.2, 0.25) is 0 Å². The maximum Gasteiger partial charge on any atom is 0.250 e. The molecule has 1 fully saturated rings. The highest BCUT2D eigenvalue weighted by molar-refractivity contribution is 5.99. The zero-order valence-corrected chi connectivity index (χ0v) is 16.3. The molecule has 2 aromatic heterocycles. The van der Waals surface area contributed by atoms with Crippen LogP contribution in [-0.2, 0) is 6.42 Å². The molecule has 0 radical (unpaired) electrons. The molecule has 0 unspecified atom stereocenters. The van der Waals surface area contributed by atoms with E-state index in [2.05, 4.69) is 20.9 Å². The molecule has 0 spiro atoms. The summed E-state index contributed by atoms with van der Waals surface area (Å²) in [7, 11) is 0. The third-order valence-corrected chi connectivity index (χ3v) is 5.52. The first-order valence-corrected chi connectivity index (χ1v) is 10.0. The van der Waals surface area contributed by atoms with Gasteiger partial charge < -0.3 is 20.7 Å². The Balaban J connectivity index is 1.62. The molecule has 1 saturated carbocycles. The molecule has 29 heavy (non-hydrogen) atoms. The third kappa shape index (κ3) is 4.49. The van der Waals surface area contributed by atoms with Crippen LogP contribution < -0.4 is 11.1 Å². The summed E-state index contributed by atoms with van der Waals surface area (Å²) >= 11 is 0. The molecule has 4 rings (SSSR count). The van der Waals surface area contributed by atoms with Crippen LogP contribution >= 0.6 is 0 Å². The Bertz CT molecular complexity index is 976. The molecule has 1 aliphatic rings. The monoisotopic (exact) mass is 390 g/mol. The van der Waals surface area contributed by atoms with Gasteiger partial charge in [-0.2, -0.15) is 0 Å². The Morgan fingerprint density at radius 3 is 2.69 bits per heavy atom. The van der Waals surface area contributed by atoms with Gasteiger partial charge in [0.1, 0.15) is 0 Å². The number of carbonyl (C=O) groups is 1. The quantitative estimate of drug-likeness (QED) is 0.602. The van der Waals surface area contributed by atoms with Gasteiger partial charge in [-0.05, 0) is 68.1 Å². The second-order valence-corrected chi connectivity index (χ2v) is 7.61. The van der Waals surface area contributed by atoms with Crippen molar-refractivity contribution in [3.8, 4) is 5.69 Å². The first kappa shape index (κ1) is 19.2. The molecule has 0 aliphatic heterocycles. The van der Waals surface area contributed by atoms with Gasteiger partial charge in [-0.3, -0.25) is 9.78 Å². The standard InChI is InChI=1S/C23H26N4O2/c24-23(29)21-11-8-19(15-22(21)26-16-6-9-20(28)10-7-16)27-13-3-5-18(27)14-17-4-1-2-12-25-17/h1-5,8,11-13,15-16,20,26,28H,6-7,9-10,14H2,(H2,24,29). The summed E-state index contributed by atoms with van der Waals surface area (Å²) in [6.07, 6.45) is 7.60. The van der Waals surface area contributed by atoms with Gasteiger partial charge in [0.15, 0.2) is 0 Å². The van der Waals surface area contributed by atoms with E-state index in [-0.39, 0.29) is 12.1 Å². The van der Waals surface area contributed by atoms with Gasteiger partial charge in [0.25, 0.3) is 5.91 Å². The van der Waals surface area contributed by atoms with E-state index in [1.165, 1.54) is 0 Å². The molecule has 0 atom stereocenters. The van der Waals surface area contributed by atoms with Crippen molar-refractivity contribution < 1.29 is 9.90 Å². The smallest absolute Gasteiger partial charge is 0.250 e. The van der Waals surface area contributed by atoms with Crippen molar-refractivity contribution in [1.82, 2.24) is 9.55 Å². The molecule has 150 valence electrons. The lowest BCUT2D eigenvalue weighted by molar-refractivity contribution is 0.100. The lowest BCUT2D eigenvalue weighted by Crippen LogP contribution is -2.29. The van der Waals surface area contributed by atoms with Gasteiger partial charge >= 0.3 is 0 Å². The minimum Gasteiger partial charge on any atom is -0.393 e. The van der Waals surface area contributed by atoms with Gasteiger partial charge in [-0.15, -0.1) is 0 Å². The fraction of sp³-hybridized carbons (Fsp3) is 0.304. The number of aliphatic hydroxyl groups excluding tert-OH is 1. The molecular formula is C23H26N4O2. The Hall–Kier alpha value is -3.12. The molecule has 0 saturated heterocycles. The predicted molar refractivity (Wildman–Crippen MR) is 113 cm³/mol. The van der Waals surface area contributed by atoms with Crippen molar-refractivity contribution in [2.75, 3.05) is 5.32 Å². The molecule has 3 aromatic rings. The summed E-state index contributed by atoms with van der Waals surface area (Å²) in [5, 5.41) is 13.2. The van der Waals surface area contributed by atoms with Gasteiger partial charge in [-0.1, -0.05) is 6.07 Å². The van der Waals surface area contributed by atoms with Gasteiger partial charge in [0, 0.05) is 47.6 Å². The van der Waals surface area contributed by atoms with E-state index in [9.17, 15) is 9.90 Å². The SMILES string of the molecule is NC(=O)c1ccc(-n2cccc2Cc2ccccn2)cc1NC1CCC(O)CC1. The normalized spacial score (nSPS) is 19.1. The summed E-state index contributed by atoms with van der Waals surface area (Å²) in [6.45, 7) is 0. The summed E-state index contributed by atoms with van der Waals surface area (Å²) in [5.74, 6) is -0.448. The number of aliphatic hydroxyl groups is 1. The first-order valence-electron chi connectivity index (χ1n) is 10.0. The second kappa shape index (κ2) is 8.49. The molecule has 1 amide bonds. The number of anilines is 1. The molecule has 4 N–H and O–H groups in total. The van der Waals surface area contributed by atoms with E-state index in [0.29, 0.717) is 12.0 Å². The molecule has 0 bridgehead atoms. The summed E-state index contributed by atoms with van der Waals surface area (Å²) in [6, 6.07) is 15.9. The number of carbonyl (C=O) groups excluding carboxylic acids is 1. The Kier molecular flexibility index (Phi) is 5.62. The van der Waals surface area contributed by atoms with Crippen LogP contribution in [0.3, 0.4) is 0 Å². The largest absolute Gasteiger partial charge is 0.393 e. The summed E-state index contributed by atoms with van der Waals surface area (Å²) in [4.78, 5) is 16.4. The Labute approximate surface area is 170 Å². The van der Waals surface area contributed by atoms with Crippen LogP contribution in [0.5, 0.6) is 0 Å². The van der Waals surface area contributed by atoms with E-state index in [0.717, 1.165) is 48.4 Å². The number of nitrogens with zero attached hydrogens (tertiary/aromatic N) is 2. The highest BCUT2D eigenvalue weighted by Gasteiger charge is 2.21. The van der Waals surface area contributed by atoms with E-state index >= 15 is 0 Å². The number of rotatable bonds is 6. The number of hydrogen-bond donors (Lipinski definition) is 3. The number of nitrogens with two attached hydrogens (primary N) is 1. The number of benzene rings is 1. The van der Waals surface area contributed by atoms with Crippen LogP contribution in [-0.4, -0.2) is 32.7 Å². The van der Waals surface area contributed by atoms with E-state index < -0.39 is 5.91 Å².